The average molecular weight is 743 g/mol. The van der Waals surface area contributed by atoms with Crippen molar-refractivity contribution in [1.29, 1.82) is 5.26 Å². The van der Waals surface area contributed by atoms with Crippen molar-refractivity contribution in [3.63, 3.8) is 0 Å². The van der Waals surface area contributed by atoms with Gasteiger partial charge in [0.2, 0.25) is 10.0 Å². The molecule has 3 saturated heterocycles. The molecule has 3 atom stereocenters. The number of rotatable bonds is 10. The maximum atomic E-state index is 13.1. The molecule has 2 bridgehead atoms. The molecule has 10 nitrogen and oxygen atoms in total. The van der Waals surface area contributed by atoms with E-state index in [-0.39, 0.29) is 29.0 Å². The van der Waals surface area contributed by atoms with Crippen LogP contribution in [0.5, 0.6) is 0 Å². The third kappa shape index (κ3) is 7.48. The summed E-state index contributed by atoms with van der Waals surface area (Å²) in [6.45, 7) is 10.5. The molecule has 3 aliphatic rings. The van der Waals surface area contributed by atoms with Crippen LogP contribution in [0.1, 0.15) is 67.1 Å². The van der Waals surface area contributed by atoms with Gasteiger partial charge in [-0.25, -0.2) is 18.4 Å². The number of piperazine rings is 1. The Hall–Kier alpha value is -3.29. The van der Waals surface area contributed by atoms with E-state index in [1.807, 2.05) is 13.0 Å². The molecule has 0 radical (unpaired) electrons. The van der Waals surface area contributed by atoms with Crippen LogP contribution in [0.2, 0.25) is 0 Å². The summed E-state index contributed by atoms with van der Waals surface area (Å²) in [7, 11) is -3.22. The molecule has 0 aliphatic carbocycles. The summed E-state index contributed by atoms with van der Waals surface area (Å²) in [5.41, 5.74) is 4.06. The van der Waals surface area contributed by atoms with E-state index in [4.69, 9.17) is 0 Å². The van der Waals surface area contributed by atoms with E-state index in [1.54, 1.807) is 10.4 Å². The summed E-state index contributed by atoms with van der Waals surface area (Å²) in [5.74, 6) is 1.24. The van der Waals surface area contributed by atoms with Crippen LogP contribution < -0.4 is 5.32 Å². The number of hydrogen-bond donors (Lipinski definition) is 1. The number of likely N-dealkylation sites (tertiary alicyclic amines) is 1. The maximum Gasteiger partial charge on any atom is 0.393 e. The lowest BCUT2D eigenvalue weighted by Crippen LogP contribution is -2.58. The Morgan fingerprint density at radius 1 is 1.08 bits per heavy atom. The van der Waals surface area contributed by atoms with Gasteiger partial charge in [0.05, 0.1) is 18.1 Å². The number of nitrogens with one attached hydrogen (secondary N) is 1. The molecule has 3 aliphatic heterocycles. The number of piperidine rings is 1. The third-order valence-electron chi connectivity index (χ3n) is 11.0. The van der Waals surface area contributed by atoms with Crippen molar-refractivity contribution < 1.29 is 21.6 Å². The van der Waals surface area contributed by atoms with Gasteiger partial charge in [-0.05, 0) is 68.9 Å². The van der Waals surface area contributed by atoms with Gasteiger partial charge in [-0.1, -0.05) is 13.0 Å². The summed E-state index contributed by atoms with van der Waals surface area (Å²) < 4.78 is 67.6. The minimum atomic E-state index is -4.27. The lowest BCUT2D eigenvalue weighted by atomic mass is 10.0. The molecule has 0 amide bonds. The number of benzene rings is 1. The molecule has 7 rings (SSSR count). The molecule has 0 spiro atoms. The van der Waals surface area contributed by atoms with Gasteiger partial charge < -0.3 is 9.88 Å². The van der Waals surface area contributed by atoms with Crippen LogP contribution in [0.25, 0.3) is 21.1 Å². The summed E-state index contributed by atoms with van der Waals surface area (Å²) in [5, 5.41) is 15.4. The highest BCUT2D eigenvalue weighted by molar-refractivity contribution is 7.88. The third-order valence-corrected chi connectivity index (χ3v) is 13.3. The molecule has 1 N–H and O–H groups in total. The molecule has 274 valence electrons. The average Bonchev–Trinajstić information content (AvgIpc) is 3.72. The highest BCUT2D eigenvalue weighted by Gasteiger charge is 2.44. The second-order valence-electron chi connectivity index (χ2n) is 14.6. The van der Waals surface area contributed by atoms with E-state index in [1.165, 1.54) is 17.4 Å². The smallest absolute Gasteiger partial charge is 0.367 e. The van der Waals surface area contributed by atoms with Crippen LogP contribution in [0.15, 0.2) is 24.3 Å². The minimum absolute atomic E-state index is 0.149. The first kappa shape index (κ1) is 36.1. The van der Waals surface area contributed by atoms with Crippen LogP contribution >= 0.6 is 11.3 Å². The van der Waals surface area contributed by atoms with E-state index >= 15 is 0 Å². The number of nitrogens with zero attached hydrogens (tertiary/aromatic N) is 7. The number of sulfonamides is 1. The van der Waals surface area contributed by atoms with Crippen molar-refractivity contribution in [1.82, 2.24) is 28.6 Å². The van der Waals surface area contributed by atoms with Crippen LogP contribution in [0.4, 0.5) is 19.0 Å². The molecule has 3 aromatic heterocycles. The van der Waals surface area contributed by atoms with Gasteiger partial charge in [0.1, 0.15) is 28.2 Å². The lowest BCUT2D eigenvalue weighted by molar-refractivity contribution is -0.126. The van der Waals surface area contributed by atoms with Crippen LogP contribution in [0.3, 0.4) is 0 Å². The second-order valence-corrected chi connectivity index (χ2v) is 17.7. The SMILES string of the molecule is CCc1nc(NC2CCN(Cc3ccc4c(cc(C#N)n4C[C@H](C)N4C5CCC4CN(S(C)(=O)=O)C5)c3C)CC2)c2cc(CC(F)(F)F)sc2n1. The fourth-order valence-corrected chi connectivity index (χ4v) is 10.4. The number of fused-ring (bicyclic) bond motifs is 4. The Balaban J connectivity index is 1.01. The Kier molecular flexibility index (Phi) is 9.85. The Bertz CT molecular complexity index is 2070. The zero-order valence-corrected chi connectivity index (χ0v) is 31.1. The number of halogens is 3. The summed E-state index contributed by atoms with van der Waals surface area (Å²) in [6, 6.07) is 11.0. The van der Waals surface area contributed by atoms with Gasteiger partial charge in [0, 0.05) is 85.6 Å². The predicted octanol–water partition coefficient (Wildman–Crippen LogP) is 6.07. The highest BCUT2D eigenvalue weighted by Crippen LogP contribution is 2.36. The molecule has 2 unspecified atom stereocenters. The number of thiophene rings is 1. The monoisotopic (exact) mass is 742 g/mol. The quantitative estimate of drug-likeness (QED) is 0.209. The zero-order valence-electron chi connectivity index (χ0n) is 29.5. The first-order valence-corrected chi connectivity index (χ1v) is 20.5. The van der Waals surface area contributed by atoms with E-state index in [0.29, 0.717) is 53.6 Å². The summed E-state index contributed by atoms with van der Waals surface area (Å²) >= 11 is 1.09. The van der Waals surface area contributed by atoms with Crippen molar-refractivity contribution in [2.45, 2.75) is 103 Å². The number of hydrogen-bond acceptors (Lipinski definition) is 9. The molecule has 4 aromatic rings. The van der Waals surface area contributed by atoms with Gasteiger partial charge in [0.25, 0.3) is 0 Å². The minimum Gasteiger partial charge on any atom is -0.367 e. The van der Waals surface area contributed by atoms with Crippen LogP contribution in [-0.2, 0) is 36.0 Å². The Labute approximate surface area is 301 Å². The van der Waals surface area contributed by atoms with E-state index in [9.17, 15) is 26.9 Å². The predicted molar refractivity (Wildman–Crippen MR) is 194 cm³/mol. The standard InChI is InChI=1S/C36H45F3N8O2S2/c1-5-33-42-34(31-15-29(16-36(37,38)39)50-35(31)43-33)41-25-10-12-44(13-11-25)19-24-6-9-32-30(23(24)3)14-28(17-40)46(32)18-22(2)47-26-7-8-27(47)21-45(20-26)51(4,48)49/h6,9,14-15,22,25-27H,5,7-8,10-13,16,18-21H2,1-4H3,(H,41,42,43)/t22-,26?,27?/m0/s1. The Morgan fingerprint density at radius 2 is 1.78 bits per heavy atom. The lowest BCUT2D eigenvalue weighted by Gasteiger charge is -2.43. The molecule has 6 heterocycles. The number of anilines is 1. The van der Waals surface area contributed by atoms with Gasteiger partial charge in [-0.15, -0.1) is 11.3 Å². The molecular formula is C36H45F3N8O2S2. The Morgan fingerprint density at radius 3 is 2.41 bits per heavy atom. The van der Waals surface area contributed by atoms with Gasteiger partial charge in [-0.2, -0.15) is 22.7 Å². The zero-order chi connectivity index (χ0) is 36.2. The number of nitriles is 1. The fourth-order valence-electron chi connectivity index (χ4n) is 8.47. The summed E-state index contributed by atoms with van der Waals surface area (Å²) in [4.78, 5) is 14.9. The van der Waals surface area contributed by atoms with Crippen molar-refractivity contribution >= 4 is 48.3 Å². The normalized spacial score (nSPS) is 21.8. The van der Waals surface area contributed by atoms with Crippen molar-refractivity contribution in [3.05, 3.63) is 51.8 Å². The molecule has 0 saturated carbocycles. The van der Waals surface area contributed by atoms with E-state index in [0.717, 1.165) is 67.6 Å². The van der Waals surface area contributed by atoms with Crippen molar-refractivity contribution in [2.75, 3.05) is 37.8 Å². The molecule has 3 fully saturated rings. The largest absolute Gasteiger partial charge is 0.393 e. The van der Waals surface area contributed by atoms with Crippen molar-refractivity contribution in [2.24, 2.45) is 0 Å². The van der Waals surface area contributed by atoms with Crippen LogP contribution in [0, 0.1) is 18.3 Å². The first-order valence-electron chi connectivity index (χ1n) is 17.8. The van der Waals surface area contributed by atoms with Gasteiger partial charge in [-0.3, -0.25) is 9.80 Å². The van der Waals surface area contributed by atoms with Gasteiger partial charge in [0.15, 0.2) is 0 Å². The van der Waals surface area contributed by atoms with Crippen molar-refractivity contribution in [3.8, 4) is 6.07 Å². The molecular weight excluding hydrogens is 698 g/mol. The van der Waals surface area contributed by atoms with Crippen LogP contribution in [-0.4, -0.2) is 99.8 Å². The maximum absolute atomic E-state index is 13.1. The molecule has 15 heteroatoms. The van der Waals surface area contributed by atoms with E-state index in [2.05, 4.69) is 61.7 Å². The number of aryl methyl sites for hydroxylation is 2. The second kappa shape index (κ2) is 13.9. The number of aromatic nitrogens is 3. The van der Waals surface area contributed by atoms with E-state index < -0.39 is 22.6 Å². The topological polar surface area (TPSA) is 110 Å². The number of alkyl halides is 3. The molecule has 51 heavy (non-hydrogen) atoms. The van der Waals surface area contributed by atoms with Gasteiger partial charge >= 0.3 is 6.18 Å². The fraction of sp³-hybridized carbons (Fsp3) is 0.583. The highest BCUT2D eigenvalue weighted by atomic mass is 32.2. The first-order chi connectivity index (χ1) is 24.2. The summed E-state index contributed by atoms with van der Waals surface area (Å²) in [6.07, 6.45) is 0.380. The molecule has 1 aromatic carbocycles.